The van der Waals surface area contributed by atoms with Gasteiger partial charge in [-0.25, -0.2) is 9.78 Å². The Bertz CT molecular complexity index is 1330. The highest BCUT2D eigenvalue weighted by Gasteiger charge is 2.50. The highest BCUT2D eigenvalue weighted by molar-refractivity contribution is 7.13. The number of hydrogen-bond donors (Lipinski definition) is 2. The number of amides is 2. The van der Waals surface area contributed by atoms with Gasteiger partial charge in [0, 0.05) is 31.2 Å². The topological polar surface area (TPSA) is 130 Å². The minimum atomic E-state index is -4.22. The molecular formula is C24H27F2N5O6S. The first-order valence-electron chi connectivity index (χ1n) is 12.0. The number of aliphatic hydroxyl groups is 1. The van der Waals surface area contributed by atoms with E-state index in [0.717, 1.165) is 6.42 Å². The van der Waals surface area contributed by atoms with Crippen molar-refractivity contribution in [1.82, 2.24) is 20.2 Å². The molecule has 0 radical (unpaired) electrons. The molecule has 2 atom stereocenters. The van der Waals surface area contributed by atoms with Crippen molar-refractivity contribution in [2.45, 2.75) is 51.0 Å². The number of nitrogens with zero attached hydrogens (tertiary/aromatic N) is 4. The number of halogens is 2. The number of nitrogens with one attached hydrogen (secondary N) is 1. The standard InChI is InChI=1S/C24H27F2N5O6S/c1-23(2,3)37-22(34)31-13-10-14(31)12-30(11-13)21-29-17-16(36-24(25,26)20(33)28-6-8-32)5-4-15(18(17)35-21)19-27-7-9-38-19/h4-5,7,9,13-14,32H,6,8,10-12H2,1-3H3,(H,28,33). The van der Waals surface area contributed by atoms with E-state index < -0.39 is 24.2 Å². The summed E-state index contributed by atoms with van der Waals surface area (Å²) in [6.45, 7) is 5.43. The molecule has 204 valence electrons. The summed E-state index contributed by atoms with van der Waals surface area (Å²) in [5.41, 5.74) is 0.111. The molecule has 5 heterocycles. The van der Waals surface area contributed by atoms with Crippen molar-refractivity contribution < 1.29 is 37.4 Å². The number of benzene rings is 1. The lowest BCUT2D eigenvalue weighted by Gasteiger charge is -2.55. The number of hydrogen-bond acceptors (Lipinski definition) is 10. The van der Waals surface area contributed by atoms with Crippen molar-refractivity contribution in [3.05, 3.63) is 23.7 Å². The first kappa shape index (κ1) is 26.1. The minimum absolute atomic E-state index is 0.00517. The molecule has 3 saturated heterocycles. The molecule has 2 amide bonds. The highest BCUT2D eigenvalue weighted by Crippen LogP contribution is 2.41. The molecular weight excluding hydrogens is 524 g/mol. The van der Waals surface area contributed by atoms with Crippen molar-refractivity contribution in [3.8, 4) is 16.3 Å². The number of ether oxygens (including phenoxy) is 2. The van der Waals surface area contributed by atoms with Gasteiger partial charge in [-0.05, 0) is 39.3 Å². The predicted molar refractivity (Wildman–Crippen MR) is 133 cm³/mol. The number of carbonyl (C=O) groups excluding carboxylic acids is 2. The van der Waals surface area contributed by atoms with E-state index in [1.807, 2.05) is 31.0 Å². The summed E-state index contributed by atoms with van der Waals surface area (Å²) in [6.07, 6.45) is -2.18. The van der Waals surface area contributed by atoms with Crippen LogP contribution in [0.3, 0.4) is 0 Å². The van der Waals surface area contributed by atoms with Crippen LogP contribution in [0.2, 0.25) is 0 Å². The van der Waals surface area contributed by atoms with Crippen molar-refractivity contribution in [2.24, 2.45) is 0 Å². The van der Waals surface area contributed by atoms with E-state index >= 15 is 0 Å². The third-order valence-electron chi connectivity index (χ3n) is 6.13. The van der Waals surface area contributed by atoms with Crippen LogP contribution in [0.15, 0.2) is 28.1 Å². The number of anilines is 1. The van der Waals surface area contributed by atoms with Crippen LogP contribution in [0, 0.1) is 0 Å². The van der Waals surface area contributed by atoms with Crippen molar-refractivity contribution >= 4 is 40.5 Å². The monoisotopic (exact) mass is 551 g/mol. The van der Waals surface area contributed by atoms with Crippen LogP contribution in [0.4, 0.5) is 19.6 Å². The summed E-state index contributed by atoms with van der Waals surface area (Å²) in [6, 6.07) is 2.78. The van der Waals surface area contributed by atoms with Gasteiger partial charge in [0.05, 0.1) is 24.3 Å². The van der Waals surface area contributed by atoms with Gasteiger partial charge >= 0.3 is 18.1 Å². The minimum Gasteiger partial charge on any atom is -0.444 e. The lowest BCUT2D eigenvalue weighted by Crippen LogP contribution is -2.70. The third-order valence-corrected chi connectivity index (χ3v) is 6.93. The first-order chi connectivity index (χ1) is 18.0. The maximum Gasteiger partial charge on any atom is 0.482 e. The van der Waals surface area contributed by atoms with E-state index in [1.165, 1.54) is 23.5 Å². The van der Waals surface area contributed by atoms with Gasteiger partial charge in [0.2, 0.25) is 0 Å². The zero-order valence-corrected chi connectivity index (χ0v) is 21.8. The van der Waals surface area contributed by atoms with Gasteiger partial charge in [0.15, 0.2) is 16.8 Å². The second kappa shape index (κ2) is 9.66. The Balaban J connectivity index is 1.43. The van der Waals surface area contributed by atoms with Gasteiger partial charge < -0.3 is 29.2 Å². The van der Waals surface area contributed by atoms with Crippen LogP contribution in [-0.2, 0) is 9.53 Å². The summed E-state index contributed by atoms with van der Waals surface area (Å²) in [4.78, 5) is 36.8. The zero-order chi connectivity index (χ0) is 27.2. The van der Waals surface area contributed by atoms with Gasteiger partial charge in [-0.2, -0.15) is 13.8 Å². The van der Waals surface area contributed by atoms with Gasteiger partial charge in [-0.1, -0.05) is 0 Å². The number of aromatic nitrogens is 2. The molecule has 2 bridgehead atoms. The summed E-state index contributed by atoms with van der Waals surface area (Å²) in [7, 11) is 0. The first-order valence-corrected chi connectivity index (χ1v) is 12.9. The molecule has 14 heteroatoms. The molecule has 2 N–H and O–H groups in total. The lowest BCUT2D eigenvalue weighted by atomic mass is 9.88. The Labute approximate surface area is 220 Å². The molecule has 38 heavy (non-hydrogen) atoms. The Morgan fingerprint density at radius 3 is 2.63 bits per heavy atom. The Kier molecular flexibility index (Phi) is 6.63. The summed E-state index contributed by atoms with van der Waals surface area (Å²) >= 11 is 1.34. The molecule has 2 unspecified atom stereocenters. The van der Waals surface area contributed by atoms with Gasteiger partial charge in [-0.3, -0.25) is 9.69 Å². The quantitative estimate of drug-likeness (QED) is 0.455. The van der Waals surface area contributed by atoms with E-state index in [4.69, 9.17) is 19.0 Å². The second-order valence-corrected chi connectivity index (χ2v) is 11.0. The van der Waals surface area contributed by atoms with Crippen molar-refractivity contribution in [1.29, 1.82) is 0 Å². The van der Waals surface area contributed by atoms with E-state index in [-0.39, 0.29) is 47.6 Å². The Morgan fingerprint density at radius 2 is 2.00 bits per heavy atom. The van der Waals surface area contributed by atoms with Crippen LogP contribution >= 0.6 is 11.3 Å². The highest BCUT2D eigenvalue weighted by atomic mass is 32.1. The largest absolute Gasteiger partial charge is 0.482 e. The third kappa shape index (κ3) is 4.97. The Hall–Kier alpha value is -3.52. The van der Waals surface area contributed by atoms with Crippen LogP contribution < -0.4 is 15.0 Å². The number of alkyl halides is 2. The van der Waals surface area contributed by atoms with E-state index in [2.05, 4.69) is 9.97 Å². The van der Waals surface area contributed by atoms with Crippen molar-refractivity contribution in [3.63, 3.8) is 0 Å². The average Bonchev–Trinajstić information content (AvgIpc) is 3.52. The number of piperidine rings is 1. The molecule has 2 aromatic heterocycles. The number of oxazole rings is 1. The summed E-state index contributed by atoms with van der Waals surface area (Å²) in [5, 5.41) is 13.1. The van der Waals surface area contributed by atoms with Crippen molar-refractivity contribution in [2.75, 3.05) is 31.1 Å². The predicted octanol–water partition coefficient (Wildman–Crippen LogP) is 3.23. The van der Waals surface area contributed by atoms with Gasteiger partial charge in [-0.15, -0.1) is 11.3 Å². The lowest BCUT2D eigenvalue weighted by molar-refractivity contribution is -0.192. The molecule has 0 spiro atoms. The van der Waals surface area contributed by atoms with Gasteiger partial charge in [0.25, 0.3) is 6.01 Å². The maximum absolute atomic E-state index is 14.5. The Morgan fingerprint density at radius 1 is 1.26 bits per heavy atom. The van der Waals surface area contributed by atoms with Crippen LogP contribution in [0.25, 0.3) is 21.7 Å². The fourth-order valence-corrected chi connectivity index (χ4v) is 5.21. The second-order valence-electron chi connectivity index (χ2n) is 10.1. The number of carbonyl (C=O) groups is 2. The molecule has 0 aliphatic carbocycles. The van der Waals surface area contributed by atoms with Crippen LogP contribution in [0.1, 0.15) is 27.2 Å². The van der Waals surface area contributed by atoms with Crippen LogP contribution in [0.5, 0.6) is 5.75 Å². The summed E-state index contributed by atoms with van der Waals surface area (Å²) < 4.78 is 45.5. The molecule has 0 saturated carbocycles. The molecule has 3 fully saturated rings. The maximum atomic E-state index is 14.5. The molecule has 3 aliphatic rings. The molecule has 3 aromatic rings. The SMILES string of the molecule is CC(C)(C)OC(=O)N1C2CC1CN(c1nc3c(OC(F)(F)C(=O)NCCO)ccc(-c4nccs4)c3o1)C2. The fourth-order valence-electron chi connectivity index (χ4n) is 4.55. The summed E-state index contributed by atoms with van der Waals surface area (Å²) in [5.74, 6) is -2.04. The molecule has 1 aromatic carbocycles. The smallest absolute Gasteiger partial charge is 0.444 e. The normalized spacial score (nSPS) is 19.3. The fraction of sp³-hybridized carbons (Fsp3) is 0.500. The van der Waals surface area contributed by atoms with Gasteiger partial charge in [0.1, 0.15) is 10.6 Å². The molecule has 6 rings (SSSR count). The van der Waals surface area contributed by atoms with E-state index in [0.29, 0.717) is 23.7 Å². The number of thiazole rings is 1. The van der Waals surface area contributed by atoms with E-state index in [9.17, 15) is 18.4 Å². The molecule has 11 nitrogen and oxygen atoms in total. The number of piperazine rings is 1. The molecule has 3 aliphatic heterocycles. The number of rotatable bonds is 7. The van der Waals surface area contributed by atoms with E-state index in [1.54, 1.807) is 16.5 Å². The number of aliphatic hydroxyl groups excluding tert-OH is 1. The van der Waals surface area contributed by atoms with Crippen LogP contribution in [-0.4, -0.2) is 82.0 Å². The number of fused-ring (bicyclic) bond motifs is 3. The average molecular weight is 552 g/mol. The zero-order valence-electron chi connectivity index (χ0n) is 20.9.